The van der Waals surface area contributed by atoms with Gasteiger partial charge in [0, 0.05) is 16.6 Å². The highest BCUT2D eigenvalue weighted by atomic mass is 32.2. The smallest absolute Gasteiger partial charge is 0.252 e. The van der Waals surface area contributed by atoms with Gasteiger partial charge in [0.15, 0.2) is 0 Å². The first-order valence-electron chi connectivity index (χ1n) is 8.94. The van der Waals surface area contributed by atoms with Crippen molar-refractivity contribution in [3.8, 4) is 0 Å². The van der Waals surface area contributed by atoms with Crippen molar-refractivity contribution in [1.29, 1.82) is 0 Å². The molecule has 0 radical (unpaired) electrons. The van der Waals surface area contributed by atoms with Gasteiger partial charge < -0.3 is 9.88 Å². The third-order valence-corrected chi connectivity index (χ3v) is 8.37. The van der Waals surface area contributed by atoms with Crippen molar-refractivity contribution in [2.24, 2.45) is 0 Å². The molecule has 0 amide bonds. The van der Waals surface area contributed by atoms with Crippen molar-refractivity contribution < 1.29 is 18.1 Å². The fourth-order valence-electron chi connectivity index (χ4n) is 3.71. The summed E-state index contributed by atoms with van der Waals surface area (Å²) in [6.07, 6.45) is 0. The van der Waals surface area contributed by atoms with Crippen LogP contribution in [0, 0.1) is 6.92 Å². The van der Waals surface area contributed by atoms with E-state index in [0.29, 0.717) is 36.9 Å². The fraction of sp³-hybridized carbons (Fsp3) is 0.316. The predicted molar refractivity (Wildman–Crippen MR) is 106 cm³/mol. The number of para-hydroxylation sites is 1. The Balaban J connectivity index is 1.43. The zero-order valence-corrected chi connectivity index (χ0v) is 16.7. The highest BCUT2D eigenvalue weighted by Crippen LogP contribution is 2.22. The normalized spacial score (nSPS) is 16.8. The van der Waals surface area contributed by atoms with Crippen LogP contribution in [0.5, 0.6) is 0 Å². The lowest BCUT2D eigenvalue weighted by molar-refractivity contribution is -0.895. The minimum atomic E-state index is -3.40. The predicted octanol–water partition coefficient (Wildman–Crippen LogP) is 1.31. The number of carbonyl (C=O) groups excluding carboxylic acids is 1. The van der Waals surface area contributed by atoms with Gasteiger partial charge >= 0.3 is 0 Å². The Morgan fingerprint density at radius 3 is 2.63 bits per heavy atom. The largest absolute Gasteiger partial charge is 0.358 e. The highest BCUT2D eigenvalue weighted by molar-refractivity contribution is 7.91. The average molecular weight is 405 g/mol. The topological polar surface area (TPSA) is 74.7 Å². The van der Waals surface area contributed by atoms with E-state index >= 15 is 0 Å². The summed E-state index contributed by atoms with van der Waals surface area (Å²) in [6, 6.07) is 11.2. The number of ketones is 1. The number of hydrogen-bond donors (Lipinski definition) is 2. The lowest BCUT2D eigenvalue weighted by Gasteiger charge is -2.30. The molecule has 1 aliphatic rings. The molecule has 0 aliphatic carbocycles. The minimum absolute atomic E-state index is 0.106. The first kappa shape index (κ1) is 18.4. The van der Waals surface area contributed by atoms with E-state index in [1.165, 1.54) is 15.6 Å². The number of Topliss-reactive ketones (excluding diaryl/α,β-unsaturated/α-hetero) is 1. The van der Waals surface area contributed by atoms with Gasteiger partial charge in [-0.2, -0.15) is 4.31 Å². The molecule has 0 atom stereocenters. The molecule has 1 saturated heterocycles. The Morgan fingerprint density at radius 1 is 1.19 bits per heavy atom. The van der Waals surface area contributed by atoms with Crippen LogP contribution in [0.15, 0.2) is 46.0 Å². The number of rotatable bonds is 5. The molecule has 0 spiro atoms. The number of sulfonamides is 1. The second kappa shape index (κ2) is 7.20. The number of hydrogen-bond acceptors (Lipinski definition) is 4. The molecule has 142 valence electrons. The molecule has 0 saturated carbocycles. The average Bonchev–Trinajstić information content (AvgIpc) is 3.29. The second-order valence-corrected chi connectivity index (χ2v) is 9.97. The molecular formula is C19H22N3O3S2+. The number of carbonyl (C=O) groups is 1. The number of fused-ring (bicyclic) bond motifs is 1. The molecule has 3 aromatic rings. The molecule has 2 N–H and O–H groups in total. The van der Waals surface area contributed by atoms with Gasteiger partial charge in [0.1, 0.15) is 10.8 Å². The molecule has 4 rings (SSSR count). The molecule has 1 fully saturated rings. The van der Waals surface area contributed by atoms with E-state index in [2.05, 4.69) is 4.98 Å². The van der Waals surface area contributed by atoms with Crippen LogP contribution in [0.3, 0.4) is 0 Å². The SMILES string of the molecule is Cc1[nH]c2ccccc2c1C(=O)C[NH+]1CCN(S(=O)(=O)c2cccs2)CC1. The van der Waals surface area contributed by atoms with Gasteiger partial charge in [0.05, 0.1) is 31.7 Å². The summed E-state index contributed by atoms with van der Waals surface area (Å²) >= 11 is 1.24. The van der Waals surface area contributed by atoms with E-state index in [1.54, 1.807) is 17.5 Å². The van der Waals surface area contributed by atoms with Gasteiger partial charge in [-0.3, -0.25) is 4.79 Å². The minimum Gasteiger partial charge on any atom is -0.358 e. The second-order valence-electron chi connectivity index (χ2n) is 6.86. The van der Waals surface area contributed by atoms with Crippen LogP contribution < -0.4 is 4.90 Å². The fourth-order valence-corrected chi connectivity index (χ4v) is 6.29. The van der Waals surface area contributed by atoms with Crippen LogP contribution in [-0.2, 0) is 10.0 Å². The number of aromatic amines is 1. The summed E-state index contributed by atoms with van der Waals surface area (Å²) in [5.74, 6) is 0.106. The van der Waals surface area contributed by atoms with Crippen molar-refractivity contribution in [3.05, 3.63) is 53.0 Å². The van der Waals surface area contributed by atoms with Gasteiger partial charge in [-0.15, -0.1) is 11.3 Å². The standard InChI is InChI=1S/C19H21N3O3S2/c1-14-19(15-5-2-3-6-16(15)20-14)17(23)13-21-8-10-22(11-9-21)27(24,25)18-7-4-12-26-18/h2-7,12,20H,8-11,13H2,1H3/p+1. The molecule has 2 aromatic heterocycles. The maximum absolute atomic E-state index is 12.9. The number of aryl methyl sites for hydroxylation is 1. The molecule has 3 heterocycles. The van der Waals surface area contributed by atoms with Crippen molar-refractivity contribution >= 4 is 38.0 Å². The van der Waals surface area contributed by atoms with E-state index in [-0.39, 0.29) is 5.78 Å². The molecule has 1 aliphatic heterocycles. The van der Waals surface area contributed by atoms with Crippen LogP contribution in [0.1, 0.15) is 16.1 Å². The Kier molecular flexibility index (Phi) is 4.90. The Bertz CT molecular complexity index is 1060. The summed E-state index contributed by atoms with van der Waals surface area (Å²) in [4.78, 5) is 17.3. The summed E-state index contributed by atoms with van der Waals surface area (Å²) in [6.45, 7) is 4.46. The third kappa shape index (κ3) is 3.45. The van der Waals surface area contributed by atoms with Gasteiger partial charge in [-0.25, -0.2) is 8.42 Å². The maximum atomic E-state index is 12.9. The lowest BCUT2D eigenvalue weighted by atomic mass is 10.1. The number of benzene rings is 1. The number of H-pyrrole nitrogens is 1. The van der Waals surface area contributed by atoms with Gasteiger partial charge in [-0.1, -0.05) is 24.3 Å². The highest BCUT2D eigenvalue weighted by Gasteiger charge is 2.32. The molecule has 6 nitrogen and oxygen atoms in total. The molecule has 27 heavy (non-hydrogen) atoms. The van der Waals surface area contributed by atoms with Gasteiger partial charge in [-0.05, 0) is 24.4 Å². The van der Waals surface area contributed by atoms with Crippen molar-refractivity contribution in [2.75, 3.05) is 32.7 Å². The maximum Gasteiger partial charge on any atom is 0.252 e. The first-order chi connectivity index (χ1) is 13.0. The summed E-state index contributed by atoms with van der Waals surface area (Å²) in [7, 11) is -3.40. The molecular weight excluding hydrogens is 382 g/mol. The number of aromatic nitrogens is 1. The Labute approximate surface area is 162 Å². The molecule has 0 bridgehead atoms. The summed E-state index contributed by atoms with van der Waals surface area (Å²) in [5, 5.41) is 2.73. The third-order valence-electron chi connectivity index (χ3n) is 5.10. The quantitative estimate of drug-likeness (QED) is 0.630. The van der Waals surface area contributed by atoms with Crippen molar-refractivity contribution in [1.82, 2.24) is 9.29 Å². The molecule has 0 unspecified atom stereocenters. The van der Waals surface area contributed by atoms with E-state index in [9.17, 15) is 13.2 Å². The van der Waals surface area contributed by atoms with Crippen LogP contribution in [0.25, 0.3) is 10.9 Å². The summed E-state index contributed by atoms with van der Waals surface area (Å²) in [5.41, 5.74) is 2.62. The van der Waals surface area contributed by atoms with E-state index in [4.69, 9.17) is 0 Å². The lowest BCUT2D eigenvalue weighted by Crippen LogP contribution is -3.15. The summed E-state index contributed by atoms with van der Waals surface area (Å²) < 4.78 is 27.1. The van der Waals surface area contributed by atoms with Crippen LogP contribution >= 0.6 is 11.3 Å². The van der Waals surface area contributed by atoms with Gasteiger partial charge in [0.2, 0.25) is 5.78 Å². The first-order valence-corrected chi connectivity index (χ1v) is 11.3. The monoisotopic (exact) mass is 404 g/mol. The molecule has 1 aromatic carbocycles. The van der Waals surface area contributed by atoms with E-state index in [1.807, 2.05) is 31.2 Å². The molecule has 8 heteroatoms. The number of nitrogens with one attached hydrogen (secondary N) is 2. The number of nitrogens with zero attached hydrogens (tertiary/aromatic N) is 1. The van der Waals surface area contributed by atoms with E-state index in [0.717, 1.165) is 27.1 Å². The number of quaternary nitrogens is 1. The van der Waals surface area contributed by atoms with Gasteiger partial charge in [0.25, 0.3) is 10.0 Å². The zero-order valence-electron chi connectivity index (χ0n) is 15.1. The Morgan fingerprint density at radius 2 is 1.93 bits per heavy atom. The van der Waals surface area contributed by atoms with Crippen molar-refractivity contribution in [3.63, 3.8) is 0 Å². The zero-order chi connectivity index (χ0) is 19.0. The number of thiophene rings is 1. The Hall–Kier alpha value is -2.00. The van der Waals surface area contributed by atoms with Crippen LogP contribution in [0.2, 0.25) is 0 Å². The van der Waals surface area contributed by atoms with Crippen molar-refractivity contribution in [2.45, 2.75) is 11.1 Å². The number of piperazine rings is 1. The van der Waals surface area contributed by atoms with Crippen LogP contribution in [0.4, 0.5) is 0 Å². The van der Waals surface area contributed by atoms with E-state index < -0.39 is 10.0 Å². The van der Waals surface area contributed by atoms with Crippen LogP contribution in [-0.4, -0.2) is 56.2 Å².